The van der Waals surface area contributed by atoms with Crippen LogP contribution in [0.3, 0.4) is 0 Å². The number of benzene rings is 3. The van der Waals surface area contributed by atoms with Crippen molar-refractivity contribution in [3.8, 4) is 6.07 Å². The van der Waals surface area contributed by atoms with E-state index < -0.39 is 8.32 Å². The molecule has 0 spiro atoms. The molecule has 0 bridgehead atoms. The van der Waals surface area contributed by atoms with Crippen molar-refractivity contribution in [3.63, 3.8) is 0 Å². The van der Waals surface area contributed by atoms with Crippen molar-refractivity contribution in [2.24, 2.45) is 17.0 Å². The Bertz CT molecular complexity index is 903. The van der Waals surface area contributed by atoms with E-state index in [0.717, 1.165) is 41.2 Å². The first-order valence-electron chi connectivity index (χ1n) is 10.6. The molecule has 0 saturated heterocycles. The topological polar surface area (TPSA) is 45.4 Å². The van der Waals surface area contributed by atoms with Gasteiger partial charge in [-0.2, -0.15) is 5.26 Å². The van der Waals surface area contributed by atoms with Crippen LogP contribution in [0.25, 0.3) is 0 Å². The van der Waals surface area contributed by atoms with E-state index in [0.29, 0.717) is 5.92 Å². The van der Waals surface area contributed by atoms with E-state index in [9.17, 15) is 5.26 Å². The van der Waals surface area contributed by atoms with E-state index >= 15 is 0 Å². The van der Waals surface area contributed by atoms with E-state index in [1.54, 1.807) is 0 Å². The third-order valence-electron chi connectivity index (χ3n) is 5.90. The van der Waals surface area contributed by atoms with Gasteiger partial charge < -0.3 is 4.53 Å². The summed E-state index contributed by atoms with van der Waals surface area (Å²) in [6.07, 6.45) is 5.97. The van der Waals surface area contributed by atoms with E-state index in [1.165, 1.54) is 0 Å². The third kappa shape index (κ3) is 4.22. The zero-order valence-electron chi connectivity index (χ0n) is 17.0. The molecular formula is C26H26N2OSi. The van der Waals surface area contributed by atoms with Crippen molar-refractivity contribution >= 4 is 30.1 Å². The zero-order chi connectivity index (χ0) is 20.7. The van der Waals surface area contributed by atoms with Crippen molar-refractivity contribution in [1.82, 2.24) is 0 Å². The predicted octanol–water partition coefficient (Wildman–Crippen LogP) is 3.99. The molecule has 1 fully saturated rings. The molecule has 1 aliphatic rings. The molecule has 3 aromatic carbocycles. The lowest BCUT2D eigenvalue weighted by Gasteiger charge is -2.30. The highest BCUT2D eigenvalue weighted by Crippen LogP contribution is 2.27. The van der Waals surface area contributed by atoms with Gasteiger partial charge in [-0.3, -0.25) is 0 Å². The Morgan fingerprint density at radius 1 is 0.800 bits per heavy atom. The summed E-state index contributed by atoms with van der Waals surface area (Å²) in [5.41, 5.74) is 0. The van der Waals surface area contributed by atoms with E-state index in [1.807, 2.05) is 24.4 Å². The van der Waals surface area contributed by atoms with Crippen molar-refractivity contribution < 1.29 is 4.53 Å². The minimum Gasteiger partial charge on any atom is -0.438 e. The molecule has 1 saturated carbocycles. The molecular weight excluding hydrogens is 384 g/mol. The number of rotatable bonds is 6. The second-order valence-electron chi connectivity index (χ2n) is 7.88. The molecule has 1 aliphatic carbocycles. The molecule has 4 rings (SSSR count). The number of hydrogen-bond donors (Lipinski definition) is 0. The molecule has 0 aromatic heterocycles. The molecule has 0 N–H and O–H groups in total. The lowest BCUT2D eigenvalue weighted by molar-refractivity contribution is 0.334. The maximum absolute atomic E-state index is 9.29. The van der Waals surface area contributed by atoms with E-state index in [2.05, 4.69) is 84.0 Å². The van der Waals surface area contributed by atoms with Crippen LogP contribution >= 0.6 is 0 Å². The van der Waals surface area contributed by atoms with Gasteiger partial charge in [0.25, 0.3) is 0 Å². The largest absolute Gasteiger partial charge is 0.438 e. The van der Waals surface area contributed by atoms with Crippen LogP contribution in [0.1, 0.15) is 25.7 Å². The summed E-state index contributed by atoms with van der Waals surface area (Å²) >= 11 is 0. The number of oxime groups is 1. The average molecular weight is 411 g/mol. The first-order chi connectivity index (χ1) is 14.8. The molecule has 30 heavy (non-hydrogen) atoms. The Hall–Kier alpha value is -3.16. The van der Waals surface area contributed by atoms with Gasteiger partial charge in [-0.05, 0) is 40.7 Å². The summed E-state index contributed by atoms with van der Waals surface area (Å²) in [5, 5.41) is 17.4. The minimum atomic E-state index is -2.80. The predicted molar refractivity (Wildman–Crippen MR) is 125 cm³/mol. The number of hydrogen-bond acceptors (Lipinski definition) is 3. The van der Waals surface area contributed by atoms with Crippen LogP contribution in [0.4, 0.5) is 0 Å². The molecule has 3 nitrogen and oxygen atoms in total. The second-order valence-corrected chi connectivity index (χ2v) is 11.2. The first kappa shape index (κ1) is 20.1. The Labute approximate surface area is 179 Å². The highest BCUT2D eigenvalue weighted by atomic mass is 28.4. The first-order valence-corrected chi connectivity index (χ1v) is 12.5. The van der Waals surface area contributed by atoms with Gasteiger partial charge in [0, 0.05) is 12.1 Å². The minimum absolute atomic E-state index is 0.134. The van der Waals surface area contributed by atoms with Crippen LogP contribution in [0.2, 0.25) is 0 Å². The molecule has 0 heterocycles. The normalized spacial score (nSPS) is 19.3. The van der Waals surface area contributed by atoms with Crippen molar-refractivity contribution in [2.45, 2.75) is 25.7 Å². The zero-order valence-corrected chi connectivity index (χ0v) is 18.0. The molecule has 0 amide bonds. The highest BCUT2D eigenvalue weighted by Gasteiger charge is 2.44. The van der Waals surface area contributed by atoms with Crippen LogP contribution in [0.5, 0.6) is 0 Å². The molecule has 0 aliphatic heterocycles. The summed E-state index contributed by atoms with van der Waals surface area (Å²) < 4.78 is 6.58. The smallest absolute Gasteiger partial charge is 0.380 e. The van der Waals surface area contributed by atoms with Crippen LogP contribution in [0.15, 0.2) is 96.2 Å². The number of nitriles is 1. The van der Waals surface area contributed by atoms with Gasteiger partial charge >= 0.3 is 8.32 Å². The van der Waals surface area contributed by atoms with Gasteiger partial charge in [0.1, 0.15) is 0 Å². The molecule has 4 heteroatoms. The van der Waals surface area contributed by atoms with Gasteiger partial charge in [0.05, 0.1) is 6.07 Å². The molecule has 150 valence electrons. The van der Waals surface area contributed by atoms with Crippen LogP contribution < -0.4 is 15.6 Å². The van der Waals surface area contributed by atoms with Gasteiger partial charge in [-0.25, -0.2) is 0 Å². The Kier molecular flexibility index (Phi) is 6.41. The van der Waals surface area contributed by atoms with Crippen LogP contribution in [0, 0.1) is 23.2 Å². The fraction of sp³-hybridized carbons (Fsp3) is 0.231. The monoisotopic (exact) mass is 410 g/mol. The Morgan fingerprint density at radius 3 is 1.77 bits per heavy atom. The average Bonchev–Trinajstić information content (AvgIpc) is 2.84. The Morgan fingerprint density at radius 2 is 1.30 bits per heavy atom. The lowest BCUT2D eigenvalue weighted by Crippen LogP contribution is -2.68. The molecule has 0 radical (unpaired) electrons. The van der Waals surface area contributed by atoms with Crippen LogP contribution in [-0.2, 0) is 4.53 Å². The fourth-order valence-electron chi connectivity index (χ4n) is 4.35. The highest BCUT2D eigenvalue weighted by molar-refractivity contribution is 7.07. The summed E-state index contributed by atoms with van der Waals surface area (Å²) in [4.78, 5) is 0. The van der Waals surface area contributed by atoms with E-state index in [-0.39, 0.29) is 5.92 Å². The summed E-state index contributed by atoms with van der Waals surface area (Å²) in [6.45, 7) is 0. The summed E-state index contributed by atoms with van der Waals surface area (Å²) in [5.74, 6) is 0.437. The third-order valence-corrected chi connectivity index (χ3v) is 9.72. The fourth-order valence-corrected chi connectivity index (χ4v) is 7.87. The number of nitrogens with zero attached hydrogens (tertiary/aromatic N) is 2. The van der Waals surface area contributed by atoms with E-state index in [4.69, 9.17) is 4.53 Å². The summed E-state index contributed by atoms with van der Waals surface area (Å²) in [7, 11) is -2.80. The molecule has 2 unspecified atom stereocenters. The molecule has 3 aromatic rings. The van der Waals surface area contributed by atoms with Gasteiger partial charge in [-0.15, -0.1) is 5.16 Å². The summed E-state index contributed by atoms with van der Waals surface area (Å²) in [6, 6.07) is 33.8. The Balaban J connectivity index is 1.75. The second kappa shape index (κ2) is 9.56. The van der Waals surface area contributed by atoms with Crippen LogP contribution in [-0.4, -0.2) is 14.5 Å². The van der Waals surface area contributed by atoms with Gasteiger partial charge in [-0.1, -0.05) is 97.4 Å². The van der Waals surface area contributed by atoms with Crippen molar-refractivity contribution in [2.75, 3.05) is 0 Å². The van der Waals surface area contributed by atoms with Crippen molar-refractivity contribution in [1.29, 1.82) is 5.26 Å². The standard InChI is InChI=1S/C26H26N2OSi/c27-20-22-11-10-12-23(19-22)21-28-29-30(24-13-4-1-5-14-24,25-15-6-2-7-16-25)26-17-8-3-9-18-26/h1-9,13-18,21-23H,10-12,19H2/b28-21+. The SMILES string of the molecule is N#CC1CCCC(/C=N/O[Si](c2ccccc2)(c2ccccc2)c2ccccc2)C1. The van der Waals surface area contributed by atoms with Gasteiger partial charge in [0.2, 0.25) is 0 Å². The maximum Gasteiger partial charge on any atom is 0.380 e. The van der Waals surface area contributed by atoms with Gasteiger partial charge in [0.15, 0.2) is 0 Å². The maximum atomic E-state index is 9.29. The molecule has 2 atom stereocenters. The lowest BCUT2D eigenvalue weighted by atomic mass is 9.83. The quantitative estimate of drug-likeness (QED) is 0.267. The van der Waals surface area contributed by atoms with Crippen molar-refractivity contribution in [3.05, 3.63) is 91.0 Å².